The summed E-state index contributed by atoms with van der Waals surface area (Å²) in [6.45, 7) is 5.28. The molecule has 0 fully saturated rings. The van der Waals surface area contributed by atoms with Gasteiger partial charge in [-0.1, -0.05) is 23.1 Å². The fourth-order valence-corrected chi connectivity index (χ4v) is 3.66. The number of hydrogen-bond donors (Lipinski definition) is 2. The summed E-state index contributed by atoms with van der Waals surface area (Å²) >= 11 is 0. The quantitative estimate of drug-likeness (QED) is 0.211. The Kier molecular flexibility index (Phi) is 9.02. The average molecular weight is 464 g/mol. The molecule has 11 heteroatoms. The summed E-state index contributed by atoms with van der Waals surface area (Å²) in [5, 5.41) is 20.5. The number of carbonyl (C=O) groups is 1. The monoisotopic (exact) mass is 464 g/mol. The van der Waals surface area contributed by atoms with Gasteiger partial charge < -0.3 is 9.84 Å². The van der Waals surface area contributed by atoms with Gasteiger partial charge in [-0.15, -0.1) is 6.58 Å². The minimum absolute atomic E-state index is 0.221. The van der Waals surface area contributed by atoms with Crippen LogP contribution in [0, 0.1) is 16.0 Å². The van der Waals surface area contributed by atoms with Crippen molar-refractivity contribution in [1.82, 2.24) is 4.89 Å². The maximum atomic E-state index is 12.4. The number of non-ortho nitro benzene ring substituents is 1. The number of aliphatic hydroxyl groups excluding tert-OH is 1. The maximum Gasteiger partial charge on any atom is 0.338 e. The highest BCUT2D eigenvalue weighted by atomic mass is 32.2. The van der Waals surface area contributed by atoms with Crippen molar-refractivity contribution in [2.75, 3.05) is 13.2 Å². The predicted molar refractivity (Wildman–Crippen MR) is 115 cm³/mol. The minimum Gasteiger partial charge on any atom is -0.462 e. The molecule has 0 unspecified atom stereocenters. The number of aliphatic hydroxyl groups is 1. The van der Waals surface area contributed by atoms with E-state index in [4.69, 9.17) is 9.57 Å². The van der Waals surface area contributed by atoms with Crippen molar-refractivity contribution in [2.45, 2.75) is 24.3 Å². The van der Waals surface area contributed by atoms with E-state index in [1.54, 1.807) is 31.2 Å². The van der Waals surface area contributed by atoms with Gasteiger partial charge in [-0.05, 0) is 43.2 Å². The van der Waals surface area contributed by atoms with Crippen molar-refractivity contribution in [3.63, 3.8) is 0 Å². The first-order valence-electron chi connectivity index (χ1n) is 9.63. The summed E-state index contributed by atoms with van der Waals surface area (Å²) in [4.78, 5) is 28.9. The summed E-state index contributed by atoms with van der Waals surface area (Å²) < 4.78 is 29.8. The van der Waals surface area contributed by atoms with E-state index in [1.807, 2.05) is 4.89 Å². The molecule has 32 heavy (non-hydrogen) atoms. The summed E-state index contributed by atoms with van der Waals surface area (Å²) in [5.74, 6) is -0.980. The first kappa shape index (κ1) is 25.1. The first-order chi connectivity index (χ1) is 15.2. The molecule has 172 valence electrons. The van der Waals surface area contributed by atoms with Crippen molar-refractivity contribution in [2.24, 2.45) is 5.92 Å². The van der Waals surface area contributed by atoms with E-state index in [-0.39, 0.29) is 23.8 Å². The Balaban J connectivity index is 2.05. The molecule has 0 aliphatic rings. The summed E-state index contributed by atoms with van der Waals surface area (Å²) in [5.41, 5.74) is 0.928. The van der Waals surface area contributed by atoms with Gasteiger partial charge in [0.2, 0.25) is 0 Å². The van der Waals surface area contributed by atoms with Gasteiger partial charge in [0.25, 0.3) is 15.7 Å². The third kappa shape index (κ3) is 6.69. The molecule has 0 saturated carbocycles. The number of rotatable bonds is 12. The van der Waals surface area contributed by atoms with Crippen LogP contribution in [0.5, 0.6) is 0 Å². The number of carbonyl (C=O) groups excluding carboxylic acids is 1. The van der Waals surface area contributed by atoms with Crippen LogP contribution in [0.3, 0.4) is 0 Å². The van der Waals surface area contributed by atoms with Gasteiger partial charge in [0.05, 0.1) is 22.0 Å². The second-order valence-electron chi connectivity index (χ2n) is 6.72. The lowest BCUT2D eigenvalue weighted by Crippen LogP contribution is -2.35. The van der Waals surface area contributed by atoms with Crippen molar-refractivity contribution >= 4 is 21.7 Å². The van der Waals surface area contributed by atoms with Crippen molar-refractivity contribution in [3.05, 3.63) is 82.4 Å². The van der Waals surface area contributed by atoms with Crippen LogP contribution in [0.15, 0.2) is 66.1 Å². The lowest BCUT2D eigenvalue weighted by atomic mass is 9.94. The van der Waals surface area contributed by atoms with Gasteiger partial charge in [-0.3, -0.25) is 15.0 Å². The van der Waals surface area contributed by atoms with E-state index >= 15 is 0 Å². The third-order valence-corrected chi connectivity index (χ3v) is 5.75. The largest absolute Gasteiger partial charge is 0.462 e. The molecule has 2 aromatic carbocycles. The molecule has 0 aromatic heterocycles. The molecule has 0 heterocycles. The van der Waals surface area contributed by atoms with Gasteiger partial charge >= 0.3 is 5.97 Å². The Morgan fingerprint density at radius 1 is 1.22 bits per heavy atom. The van der Waals surface area contributed by atoms with Crippen molar-refractivity contribution in [1.29, 1.82) is 0 Å². The van der Waals surface area contributed by atoms with Crippen LogP contribution in [-0.2, 0) is 26.0 Å². The minimum atomic E-state index is -4.12. The van der Waals surface area contributed by atoms with Crippen LogP contribution in [0.4, 0.5) is 5.69 Å². The summed E-state index contributed by atoms with van der Waals surface area (Å²) in [6.07, 6.45) is 0.791. The van der Waals surface area contributed by atoms with Crippen LogP contribution in [-0.4, -0.2) is 43.7 Å². The molecule has 0 aliphatic carbocycles. The molecule has 0 bridgehead atoms. The molecule has 2 N–H and O–H groups in total. The second kappa shape index (κ2) is 11.5. The molecule has 2 rings (SSSR count). The number of sulfonamides is 1. The van der Waals surface area contributed by atoms with Crippen LogP contribution in [0.2, 0.25) is 0 Å². The number of hydrogen-bond acceptors (Lipinski definition) is 8. The van der Waals surface area contributed by atoms with E-state index in [9.17, 15) is 28.4 Å². The molecular weight excluding hydrogens is 440 g/mol. The standard InChI is InChI=1S/C21H24N2O8S/c1-3-20(31-22-32(28,29)19-11-9-18(10-12-19)23(26)27)17(14-24)13-15-5-7-16(8-6-15)21(25)30-4-2/h3,5-12,17,20,22,24H,1,4,13-14H2,2H3/t17-,20-/m1/s1. The molecule has 0 amide bonds. The lowest BCUT2D eigenvalue weighted by Gasteiger charge is -2.23. The van der Waals surface area contributed by atoms with E-state index in [0.29, 0.717) is 12.0 Å². The average Bonchev–Trinajstić information content (AvgIpc) is 2.79. The van der Waals surface area contributed by atoms with E-state index in [2.05, 4.69) is 6.58 Å². The van der Waals surface area contributed by atoms with Gasteiger partial charge in [-0.2, -0.15) is 0 Å². The molecule has 0 radical (unpaired) electrons. The lowest BCUT2D eigenvalue weighted by molar-refractivity contribution is -0.384. The normalized spacial score (nSPS) is 13.2. The molecular formula is C21H24N2O8S. The highest BCUT2D eigenvalue weighted by Gasteiger charge is 2.24. The van der Waals surface area contributed by atoms with Crippen molar-refractivity contribution < 1.29 is 32.8 Å². The predicted octanol–water partition coefficient (Wildman–Crippen LogP) is 2.39. The Bertz CT molecular complexity index is 1040. The number of esters is 1. The molecule has 2 aromatic rings. The highest BCUT2D eigenvalue weighted by Crippen LogP contribution is 2.19. The number of nitro groups is 1. The number of nitrogens with one attached hydrogen (secondary N) is 1. The first-order valence-corrected chi connectivity index (χ1v) is 11.1. The second-order valence-corrected chi connectivity index (χ2v) is 8.37. The highest BCUT2D eigenvalue weighted by molar-refractivity contribution is 7.89. The number of ether oxygens (including phenoxy) is 1. The van der Waals surface area contributed by atoms with Crippen molar-refractivity contribution in [3.8, 4) is 0 Å². The SMILES string of the molecule is C=C[C@@H](ONS(=O)(=O)c1ccc([N+](=O)[O-])cc1)[C@@H](CO)Cc1ccc(C(=O)OCC)cc1. The molecule has 0 spiro atoms. The van der Waals surface area contributed by atoms with Crippen LogP contribution in [0.1, 0.15) is 22.8 Å². The molecule has 2 atom stereocenters. The van der Waals surface area contributed by atoms with Crippen LogP contribution < -0.4 is 4.89 Å². The topological polar surface area (TPSA) is 145 Å². The van der Waals surface area contributed by atoms with Crippen LogP contribution >= 0.6 is 0 Å². The maximum absolute atomic E-state index is 12.4. The molecule has 10 nitrogen and oxygen atoms in total. The van der Waals surface area contributed by atoms with E-state index < -0.39 is 32.9 Å². The number of nitro benzene ring substituents is 1. The van der Waals surface area contributed by atoms with Gasteiger partial charge in [-0.25, -0.2) is 13.2 Å². The summed E-state index contributed by atoms with van der Waals surface area (Å²) in [7, 11) is -4.12. The zero-order chi connectivity index (χ0) is 23.7. The Morgan fingerprint density at radius 2 is 1.84 bits per heavy atom. The Hall–Kier alpha value is -3.12. The van der Waals surface area contributed by atoms with Gasteiger partial charge in [0, 0.05) is 24.7 Å². The van der Waals surface area contributed by atoms with E-state index in [0.717, 1.165) is 29.8 Å². The van der Waals surface area contributed by atoms with Gasteiger partial charge in [0.15, 0.2) is 0 Å². The Labute approximate surface area is 185 Å². The van der Waals surface area contributed by atoms with Crippen LogP contribution in [0.25, 0.3) is 0 Å². The summed E-state index contributed by atoms with van der Waals surface area (Å²) in [6, 6.07) is 10.9. The van der Waals surface area contributed by atoms with E-state index in [1.165, 1.54) is 6.08 Å². The fourth-order valence-electron chi connectivity index (χ4n) is 2.83. The number of nitrogens with zero attached hydrogens (tertiary/aromatic N) is 1. The third-order valence-electron chi connectivity index (χ3n) is 4.55. The Morgan fingerprint density at radius 3 is 2.34 bits per heavy atom. The fraction of sp³-hybridized carbons (Fsp3) is 0.286. The number of benzene rings is 2. The molecule has 0 saturated heterocycles. The zero-order valence-corrected chi connectivity index (χ0v) is 18.2. The van der Waals surface area contributed by atoms with Gasteiger partial charge in [0.1, 0.15) is 6.10 Å². The smallest absolute Gasteiger partial charge is 0.338 e. The molecule has 0 aliphatic heterocycles. The zero-order valence-electron chi connectivity index (χ0n) is 17.3.